The molecule has 0 amide bonds. The number of nitrogens with zero attached hydrogens (tertiary/aromatic N) is 4. The number of hydrogen-bond donors (Lipinski definition) is 0. The van der Waals surface area contributed by atoms with Crippen LogP contribution in [0, 0.1) is 29.4 Å². The molecule has 0 aliphatic rings. The number of methoxy groups -OCH3 is 1. The number of benzene rings is 2. The Morgan fingerprint density at radius 3 is 2.43 bits per heavy atom. The van der Waals surface area contributed by atoms with Gasteiger partial charge in [0.15, 0.2) is 5.16 Å². The van der Waals surface area contributed by atoms with E-state index >= 15 is 0 Å². The van der Waals surface area contributed by atoms with Gasteiger partial charge >= 0.3 is 0 Å². The minimum atomic E-state index is -0.456. The van der Waals surface area contributed by atoms with Gasteiger partial charge in [-0.1, -0.05) is 29.8 Å². The Bertz CT molecular complexity index is 1040. The third kappa shape index (κ3) is 5.10. The topological polar surface area (TPSA) is 92.3 Å². The molecular formula is C21H20N4O4S. The zero-order chi connectivity index (χ0) is 21.5. The Labute approximate surface area is 178 Å². The number of aromatic nitrogens is 3. The molecule has 30 heavy (non-hydrogen) atoms. The van der Waals surface area contributed by atoms with E-state index in [1.165, 1.54) is 11.8 Å². The van der Waals surface area contributed by atoms with E-state index in [2.05, 4.69) is 16.1 Å². The molecule has 3 aromatic rings. The minimum absolute atomic E-state index is 0.163. The molecule has 2 aromatic carbocycles. The number of rotatable bonds is 9. The van der Waals surface area contributed by atoms with Crippen LogP contribution in [-0.2, 0) is 0 Å². The van der Waals surface area contributed by atoms with Gasteiger partial charge in [-0.2, -0.15) is 0 Å². The van der Waals surface area contributed by atoms with Crippen LogP contribution in [0.1, 0.15) is 16.6 Å². The van der Waals surface area contributed by atoms with Crippen LogP contribution >= 0.6 is 11.8 Å². The van der Waals surface area contributed by atoms with Gasteiger partial charge in [0.2, 0.25) is 6.54 Å². The van der Waals surface area contributed by atoms with Crippen molar-refractivity contribution in [2.75, 3.05) is 20.3 Å². The van der Waals surface area contributed by atoms with Crippen LogP contribution in [0.2, 0.25) is 0 Å². The summed E-state index contributed by atoms with van der Waals surface area (Å²) >= 11 is 1.29. The van der Waals surface area contributed by atoms with E-state index in [1.807, 2.05) is 35.8 Å². The van der Waals surface area contributed by atoms with E-state index in [1.54, 1.807) is 31.4 Å². The number of hydrogen-bond acceptors (Lipinski definition) is 7. The van der Waals surface area contributed by atoms with Crippen molar-refractivity contribution < 1.29 is 14.4 Å². The summed E-state index contributed by atoms with van der Waals surface area (Å²) in [4.78, 5) is 11.0. The summed E-state index contributed by atoms with van der Waals surface area (Å²) in [6.45, 7) is 1.74. The average molecular weight is 424 g/mol. The average Bonchev–Trinajstić information content (AvgIpc) is 3.12. The molecule has 0 spiro atoms. The Kier molecular flexibility index (Phi) is 6.93. The maximum Gasteiger partial charge on any atom is 0.220 e. The van der Waals surface area contributed by atoms with Crippen molar-refractivity contribution in [3.8, 4) is 29.5 Å². The normalized spacial score (nSPS) is 11.5. The highest BCUT2D eigenvalue weighted by Gasteiger charge is 2.24. The molecule has 154 valence electrons. The Hall–Kier alpha value is -3.51. The van der Waals surface area contributed by atoms with Crippen LogP contribution in [0.15, 0.2) is 53.7 Å². The van der Waals surface area contributed by atoms with Gasteiger partial charge in [-0.05, 0) is 48.9 Å². The lowest BCUT2D eigenvalue weighted by Crippen LogP contribution is -2.11. The molecule has 8 nitrogen and oxygen atoms in total. The fourth-order valence-corrected chi connectivity index (χ4v) is 4.00. The molecule has 0 unspecified atom stereocenters. The van der Waals surface area contributed by atoms with Crippen molar-refractivity contribution in [3.05, 3.63) is 70.0 Å². The molecule has 1 heterocycles. The standard InChI is InChI=1S/C21H20N4O4S/c1-4-13-29-19-9-5-16(6-10-19)20(14-24(26)27)30-21-23-22-15(2)25(21)17-7-11-18(28-3)12-8-17/h1,5-12,20H,13-14H2,2-3H3/t20-/m0/s1. The minimum Gasteiger partial charge on any atom is -0.497 e. The molecule has 1 aromatic heterocycles. The number of terminal acetylenes is 1. The fraction of sp³-hybridized carbons (Fsp3) is 0.238. The lowest BCUT2D eigenvalue weighted by Gasteiger charge is -2.15. The third-order valence-electron chi connectivity index (χ3n) is 4.26. The molecule has 0 bridgehead atoms. The van der Waals surface area contributed by atoms with Crippen LogP contribution in [0.4, 0.5) is 0 Å². The first-order chi connectivity index (χ1) is 14.5. The van der Waals surface area contributed by atoms with Crippen molar-refractivity contribution in [2.24, 2.45) is 0 Å². The summed E-state index contributed by atoms with van der Waals surface area (Å²) in [5, 5.41) is 19.8. The molecule has 0 N–H and O–H groups in total. The van der Waals surface area contributed by atoms with Gasteiger partial charge in [0.1, 0.15) is 29.2 Å². The molecule has 0 aliphatic heterocycles. The second kappa shape index (κ2) is 9.80. The van der Waals surface area contributed by atoms with Crippen LogP contribution in [0.5, 0.6) is 11.5 Å². The SMILES string of the molecule is C#CCOc1ccc([C@H](C[N+](=O)[O-])Sc2nnc(C)n2-c2ccc(OC)cc2)cc1. The number of ether oxygens (including phenoxy) is 2. The largest absolute Gasteiger partial charge is 0.497 e. The monoisotopic (exact) mass is 424 g/mol. The molecule has 3 rings (SSSR count). The summed E-state index contributed by atoms with van der Waals surface area (Å²) in [6, 6.07) is 14.6. The summed E-state index contributed by atoms with van der Waals surface area (Å²) in [5.74, 6) is 4.43. The molecule has 1 atom stereocenters. The predicted molar refractivity (Wildman–Crippen MR) is 114 cm³/mol. The van der Waals surface area contributed by atoms with Crippen LogP contribution < -0.4 is 9.47 Å². The fourth-order valence-electron chi connectivity index (χ4n) is 2.82. The molecule has 0 fully saturated rings. The van der Waals surface area contributed by atoms with Crippen molar-refractivity contribution in [1.82, 2.24) is 14.8 Å². The number of thioether (sulfide) groups is 1. The van der Waals surface area contributed by atoms with Gasteiger partial charge in [0.05, 0.1) is 7.11 Å². The highest BCUT2D eigenvalue weighted by molar-refractivity contribution is 7.99. The van der Waals surface area contributed by atoms with Gasteiger partial charge in [-0.25, -0.2) is 0 Å². The maximum absolute atomic E-state index is 11.3. The smallest absolute Gasteiger partial charge is 0.220 e. The van der Waals surface area contributed by atoms with E-state index in [4.69, 9.17) is 15.9 Å². The predicted octanol–water partition coefficient (Wildman–Crippen LogP) is 3.71. The summed E-state index contributed by atoms with van der Waals surface area (Å²) in [5.41, 5.74) is 1.63. The van der Waals surface area contributed by atoms with E-state index in [9.17, 15) is 10.1 Å². The van der Waals surface area contributed by atoms with Gasteiger partial charge in [-0.15, -0.1) is 16.6 Å². The van der Waals surface area contributed by atoms with E-state index < -0.39 is 5.25 Å². The zero-order valence-corrected chi connectivity index (χ0v) is 17.3. The van der Waals surface area contributed by atoms with Crippen LogP contribution in [0.3, 0.4) is 0 Å². The van der Waals surface area contributed by atoms with Gasteiger partial charge < -0.3 is 9.47 Å². The molecule has 9 heteroatoms. The molecule has 0 saturated carbocycles. The molecular weight excluding hydrogens is 404 g/mol. The Balaban J connectivity index is 1.88. The Morgan fingerprint density at radius 2 is 1.83 bits per heavy atom. The highest BCUT2D eigenvalue weighted by atomic mass is 32.2. The lowest BCUT2D eigenvalue weighted by molar-refractivity contribution is -0.479. The summed E-state index contributed by atoms with van der Waals surface area (Å²) in [6.07, 6.45) is 5.20. The molecule has 0 saturated heterocycles. The van der Waals surface area contributed by atoms with E-state index in [0.29, 0.717) is 16.7 Å². The highest BCUT2D eigenvalue weighted by Crippen LogP contribution is 2.36. The second-order valence-electron chi connectivity index (χ2n) is 6.25. The molecule has 0 aliphatic carbocycles. The van der Waals surface area contributed by atoms with E-state index in [0.717, 1.165) is 17.0 Å². The Morgan fingerprint density at radius 1 is 1.17 bits per heavy atom. The second-order valence-corrected chi connectivity index (χ2v) is 7.42. The first-order valence-electron chi connectivity index (χ1n) is 9.03. The zero-order valence-electron chi connectivity index (χ0n) is 16.5. The summed E-state index contributed by atoms with van der Waals surface area (Å²) < 4.78 is 12.4. The first-order valence-corrected chi connectivity index (χ1v) is 9.91. The number of aryl methyl sites for hydroxylation is 1. The van der Waals surface area contributed by atoms with Gasteiger partial charge in [0, 0.05) is 10.6 Å². The van der Waals surface area contributed by atoms with Crippen molar-refractivity contribution >= 4 is 11.8 Å². The lowest BCUT2D eigenvalue weighted by atomic mass is 10.1. The van der Waals surface area contributed by atoms with Crippen LogP contribution in [-0.4, -0.2) is 39.9 Å². The quantitative estimate of drug-likeness (QED) is 0.224. The van der Waals surface area contributed by atoms with Crippen molar-refractivity contribution in [3.63, 3.8) is 0 Å². The van der Waals surface area contributed by atoms with Crippen LogP contribution in [0.25, 0.3) is 5.69 Å². The summed E-state index contributed by atoms with van der Waals surface area (Å²) in [7, 11) is 1.60. The van der Waals surface area contributed by atoms with Crippen molar-refractivity contribution in [1.29, 1.82) is 0 Å². The number of nitro groups is 1. The van der Waals surface area contributed by atoms with Gasteiger partial charge in [0.25, 0.3) is 0 Å². The third-order valence-corrected chi connectivity index (χ3v) is 5.44. The van der Waals surface area contributed by atoms with E-state index in [-0.39, 0.29) is 18.1 Å². The molecule has 0 radical (unpaired) electrons. The first kappa shape index (κ1) is 21.2. The maximum atomic E-state index is 11.3. The van der Waals surface area contributed by atoms with Crippen molar-refractivity contribution in [2.45, 2.75) is 17.3 Å². The van der Waals surface area contributed by atoms with Gasteiger partial charge in [-0.3, -0.25) is 14.7 Å².